The molecule has 2 aromatic rings. The minimum Gasteiger partial charge on any atom is -0.450 e. The number of hydrogen-bond donors (Lipinski definition) is 1. The number of amides is 2. The monoisotopic (exact) mass is 359 g/mol. The molecule has 0 saturated carbocycles. The first-order valence-corrected chi connectivity index (χ1v) is 8.77. The fourth-order valence-electron chi connectivity index (χ4n) is 3.15. The van der Waals surface area contributed by atoms with Gasteiger partial charge in [0.2, 0.25) is 0 Å². The normalized spacial score (nSPS) is 15.1. The van der Waals surface area contributed by atoms with Gasteiger partial charge < -0.3 is 15.0 Å². The fraction of sp³-hybridized carbons (Fsp3) is 0.421. The lowest BCUT2D eigenvalue weighted by Gasteiger charge is -2.31. The zero-order valence-corrected chi connectivity index (χ0v) is 14.9. The summed E-state index contributed by atoms with van der Waals surface area (Å²) >= 11 is 0. The third-order valence-electron chi connectivity index (χ3n) is 4.57. The second-order valence-electron chi connectivity index (χ2n) is 6.39. The minimum absolute atomic E-state index is 0.00325. The van der Waals surface area contributed by atoms with E-state index in [-0.39, 0.29) is 23.9 Å². The number of halogens is 1. The Morgan fingerprint density at radius 2 is 2.04 bits per heavy atom. The second kappa shape index (κ2) is 7.68. The summed E-state index contributed by atoms with van der Waals surface area (Å²) in [6, 6.07) is 6.06. The van der Waals surface area contributed by atoms with Crippen molar-refractivity contribution in [1.29, 1.82) is 0 Å². The van der Waals surface area contributed by atoms with Crippen molar-refractivity contribution < 1.29 is 18.7 Å². The molecule has 1 N–H and O–H groups in total. The number of fused-ring (bicyclic) bond motifs is 1. The quantitative estimate of drug-likeness (QED) is 0.914. The highest BCUT2D eigenvalue weighted by Gasteiger charge is 2.25. The molecule has 1 saturated heterocycles. The third kappa shape index (κ3) is 3.92. The first-order valence-electron chi connectivity index (χ1n) is 8.77. The van der Waals surface area contributed by atoms with Gasteiger partial charge in [0.1, 0.15) is 5.82 Å². The van der Waals surface area contributed by atoms with Crippen molar-refractivity contribution in [2.45, 2.75) is 32.7 Å². The van der Waals surface area contributed by atoms with Gasteiger partial charge in [-0.3, -0.25) is 9.78 Å². The number of aromatic nitrogens is 1. The van der Waals surface area contributed by atoms with E-state index in [9.17, 15) is 14.0 Å². The van der Waals surface area contributed by atoms with Gasteiger partial charge in [-0.05, 0) is 44.9 Å². The highest BCUT2D eigenvalue weighted by atomic mass is 19.1. The summed E-state index contributed by atoms with van der Waals surface area (Å²) in [7, 11) is 0. The Labute approximate surface area is 151 Å². The molecular formula is C19H22FN3O3. The van der Waals surface area contributed by atoms with Gasteiger partial charge in [0.25, 0.3) is 5.91 Å². The molecule has 7 heteroatoms. The summed E-state index contributed by atoms with van der Waals surface area (Å²) in [5.41, 5.74) is 1.57. The number of ether oxygens (including phenoxy) is 1. The third-order valence-corrected chi connectivity index (χ3v) is 4.57. The van der Waals surface area contributed by atoms with E-state index in [4.69, 9.17) is 4.74 Å². The number of aryl methyl sites for hydroxylation is 1. The van der Waals surface area contributed by atoms with Crippen molar-refractivity contribution in [3.05, 3.63) is 41.3 Å². The summed E-state index contributed by atoms with van der Waals surface area (Å²) in [6.07, 6.45) is 1.05. The number of piperidine rings is 1. The van der Waals surface area contributed by atoms with E-state index in [1.165, 1.54) is 12.1 Å². The van der Waals surface area contributed by atoms with Crippen molar-refractivity contribution in [2.24, 2.45) is 0 Å². The molecule has 0 spiro atoms. The summed E-state index contributed by atoms with van der Waals surface area (Å²) < 4.78 is 18.3. The van der Waals surface area contributed by atoms with E-state index in [0.717, 1.165) is 5.39 Å². The number of nitrogens with one attached hydrogen (secondary N) is 1. The van der Waals surface area contributed by atoms with Crippen LogP contribution in [0.2, 0.25) is 0 Å². The van der Waals surface area contributed by atoms with Crippen LogP contribution >= 0.6 is 0 Å². The molecule has 26 heavy (non-hydrogen) atoms. The molecule has 0 aliphatic carbocycles. The maximum Gasteiger partial charge on any atom is 0.409 e. The Balaban J connectivity index is 1.65. The van der Waals surface area contributed by atoms with Crippen LogP contribution in [-0.2, 0) is 4.74 Å². The smallest absolute Gasteiger partial charge is 0.409 e. The van der Waals surface area contributed by atoms with Crippen LogP contribution in [0.4, 0.5) is 9.18 Å². The van der Waals surface area contributed by atoms with Gasteiger partial charge in [-0.2, -0.15) is 0 Å². The average Bonchev–Trinajstić information content (AvgIpc) is 2.61. The Hall–Kier alpha value is -2.70. The minimum atomic E-state index is -0.352. The van der Waals surface area contributed by atoms with E-state index in [2.05, 4.69) is 10.3 Å². The summed E-state index contributed by atoms with van der Waals surface area (Å²) in [6.45, 7) is 4.98. The Morgan fingerprint density at radius 3 is 2.73 bits per heavy atom. The predicted octanol–water partition coefficient (Wildman–Crippen LogP) is 3.03. The number of benzene rings is 1. The van der Waals surface area contributed by atoms with Crippen LogP contribution < -0.4 is 5.32 Å². The van der Waals surface area contributed by atoms with Gasteiger partial charge in [0.05, 0.1) is 23.4 Å². The molecule has 6 nitrogen and oxygen atoms in total. The molecule has 1 fully saturated rings. The molecule has 1 aliphatic heterocycles. The van der Waals surface area contributed by atoms with Gasteiger partial charge in [0, 0.05) is 30.6 Å². The van der Waals surface area contributed by atoms with Gasteiger partial charge in [0.15, 0.2) is 0 Å². The number of nitrogens with zero attached hydrogens (tertiary/aromatic N) is 2. The van der Waals surface area contributed by atoms with Crippen molar-refractivity contribution in [3.63, 3.8) is 0 Å². The van der Waals surface area contributed by atoms with Crippen LogP contribution in [0.1, 0.15) is 35.8 Å². The molecule has 2 amide bonds. The highest BCUT2D eigenvalue weighted by Crippen LogP contribution is 2.19. The standard InChI is InChI=1S/C19H22FN3O3/c1-3-26-19(25)23-8-6-15(7-9-23)22-18(24)16-10-13-4-5-14(20)11-17(13)21-12(16)2/h4-5,10-11,15H,3,6-9H2,1-2H3,(H,22,24). The molecule has 2 heterocycles. The number of hydrogen-bond acceptors (Lipinski definition) is 4. The van der Waals surface area contributed by atoms with Crippen molar-refractivity contribution >= 4 is 22.9 Å². The number of carbonyl (C=O) groups excluding carboxylic acids is 2. The van der Waals surface area contributed by atoms with Gasteiger partial charge in [-0.15, -0.1) is 0 Å². The number of rotatable bonds is 3. The second-order valence-corrected chi connectivity index (χ2v) is 6.39. The van der Waals surface area contributed by atoms with Crippen molar-refractivity contribution in [2.75, 3.05) is 19.7 Å². The summed E-state index contributed by atoms with van der Waals surface area (Å²) in [5.74, 6) is -0.550. The van der Waals surface area contributed by atoms with Gasteiger partial charge >= 0.3 is 6.09 Å². The van der Waals surface area contributed by atoms with E-state index in [1.54, 1.807) is 30.9 Å². The van der Waals surface area contributed by atoms with E-state index in [1.807, 2.05) is 0 Å². The zero-order chi connectivity index (χ0) is 18.7. The van der Waals surface area contributed by atoms with E-state index < -0.39 is 0 Å². The van der Waals surface area contributed by atoms with Crippen LogP contribution in [0.5, 0.6) is 0 Å². The number of pyridine rings is 1. The van der Waals surface area contributed by atoms with E-state index in [0.29, 0.717) is 49.3 Å². The average molecular weight is 359 g/mol. The first-order chi connectivity index (χ1) is 12.5. The molecule has 3 rings (SSSR count). The van der Waals surface area contributed by atoms with Crippen LogP contribution in [0.25, 0.3) is 10.9 Å². The largest absolute Gasteiger partial charge is 0.450 e. The molecule has 1 aromatic carbocycles. The topological polar surface area (TPSA) is 71.5 Å². The molecule has 0 atom stereocenters. The first kappa shape index (κ1) is 18.1. The van der Waals surface area contributed by atoms with Gasteiger partial charge in [-0.25, -0.2) is 9.18 Å². The van der Waals surface area contributed by atoms with Crippen molar-refractivity contribution in [3.8, 4) is 0 Å². The molecule has 0 radical (unpaired) electrons. The summed E-state index contributed by atoms with van der Waals surface area (Å²) in [4.78, 5) is 30.3. The Kier molecular flexibility index (Phi) is 5.35. The predicted molar refractivity (Wildman–Crippen MR) is 95.5 cm³/mol. The van der Waals surface area contributed by atoms with Crippen LogP contribution in [0.3, 0.4) is 0 Å². The molecule has 1 aliphatic rings. The molecule has 138 valence electrons. The van der Waals surface area contributed by atoms with Gasteiger partial charge in [-0.1, -0.05) is 0 Å². The lowest BCUT2D eigenvalue weighted by atomic mass is 10.0. The lowest BCUT2D eigenvalue weighted by Crippen LogP contribution is -2.46. The van der Waals surface area contributed by atoms with Crippen LogP contribution in [0.15, 0.2) is 24.3 Å². The SMILES string of the molecule is CCOC(=O)N1CCC(NC(=O)c2cc3ccc(F)cc3nc2C)CC1. The maximum atomic E-state index is 13.3. The van der Waals surface area contributed by atoms with Crippen LogP contribution in [0, 0.1) is 12.7 Å². The van der Waals surface area contributed by atoms with E-state index >= 15 is 0 Å². The maximum absolute atomic E-state index is 13.3. The van der Waals surface area contributed by atoms with Crippen molar-refractivity contribution in [1.82, 2.24) is 15.2 Å². The molecule has 1 aromatic heterocycles. The zero-order valence-electron chi connectivity index (χ0n) is 14.9. The van der Waals surface area contributed by atoms with Crippen LogP contribution in [-0.4, -0.2) is 47.6 Å². The Bertz CT molecular complexity index is 832. The summed E-state index contributed by atoms with van der Waals surface area (Å²) in [5, 5.41) is 3.73. The Morgan fingerprint density at radius 1 is 1.31 bits per heavy atom. The molecular weight excluding hydrogens is 337 g/mol. The number of likely N-dealkylation sites (tertiary alicyclic amines) is 1. The highest BCUT2D eigenvalue weighted by molar-refractivity contribution is 5.98. The molecule has 0 bridgehead atoms. The molecule has 0 unspecified atom stereocenters. The fourth-order valence-corrected chi connectivity index (χ4v) is 3.15. The number of carbonyl (C=O) groups is 2. The lowest BCUT2D eigenvalue weighted by molar-refractivity contribution is 0.0859.